The summed E-state index contributed by atoms with van der Waals surface area (Å²) in [4.78, 5) is 10.1. The third kappa shape index (κ3) is 6.47. The third-order valence-corrected chi connectivity index (χ3v) is 9.36. The fourth-order valence-electron chi connectivity index (χ4n) is 6.55. The van der Waals surface area contributed by atoms with Crippen LogP contribution in [-0.2, 0) is 38.9 Å². The van der Waals surface area contributed by atoms with Gasteiger partial charge in [0.2, 0.25) is 0 Å². The van der Waals surface area contributed by atoms with E-state index in [1.165, 1.54) is 5.56 Å². The Morgan fingerprint density at radius 1 is 0.653 bits per heavy atom. The summed E-state index contributed by atoms with van der Waals surface area (Å²) in [6, 6.07) is 37.7. The minimum atomic E-state index is -0.0745. The third-order valence-electron chi connectivity index (χ3n) is 9.36. The van der Waals surface area contributed by atoms with Crippen LogP contribution in [0.3, 0.4) is 0 Å². The number of rotatable bonds is 4. The average Bonchev–Trinajstić information content (AvgIpc) is 3.38. The first-order valence-corrected chi connectivity index (χ1v) is 16.6. The van der Waals surface area contributed by atoms with E-state index in [0.29, 0.717) is 0 Å². The van der Waals surface area contributed by atoms with E-state index >= 15 is 0 Å². The van der Waals surface area contributed by atoms with Crippen molar-refractivity contribution in [3.05, 3.63) is 126 Å². The Hall–Kier alpha value is -4.53. The summed E-state index contributed by atoms with van der Waals surface area (Å²) in [5.74, 6) is 0.940. The van der Waals surface area contributed by atoms with Gasteiger partial charge in [0.1, 0.15) is 11.6 Å². The molecule has 7 rings (SSSR count). The summed E-state index contributed by atoms with van der Waals surface area (Å²) >= 11 is 0. The van der Waals surface area contributed by atoms with Gasteiger partial charge in [0.05, 0.1) is 16.6 Å². The number of nitrogens with zero attached hydrogens (tertiary/aromatic N) is 3. The van der Waals surface area contributed by atoms with Gasteiger partial charge in [0.15, 0.2) is 0 Å². The van der Waals surface area contributed by atoms with Gasteiger partial charge in [-0.25, -0.2) is 4.98 Å². The van der Waals surface area contributed by atoms with E-state index in [1.54, 1.807) is 6.07 Å². The van der Waals surface area contributed by atoms with Crippen LogP contribution >= 0.6 is 0 Å². The predicted molar refractivity (Wildman–Crippen MR) is 200 cm³/mol. The van der Waals surface area contributed by atoms with Crippen molar-refractivity contribution in [2.45, 2.75) is 59.3 Å². The molecule has 0 bridgehead atoms. The molecule has 1 N–H and O–H groups in total. The van der Waals surface area contributed by atoms with Crippen LogP contribution in [-0.4, -0.2) is 19.6 Å². The molecule has 0 aliphatic carbocycles. The van der Waals surface area contributed by atoms with Crippen molar-refractivity contribution >= 4 is 21.9 Å². The van der Waals surface area contributed by atoms with Crippen molar-refractivity contribution in [3.63, 3.8) is 0 Å². The van der Waals surface area contributed by atoms with Gasteiger partial charge in [-0.1, -0.05) is 120 Å². The predicted octanol–water partition coefficient (Wildman–Crippen LogP) is 11.2. The monoisotopic (exact) mass is 823 g/mol. The number of phenolic OH excluding ortho intramolecular Hbond substituents is 1. The molecular formula is C44H42N3OPt-. The summed E-state index contributed by atoms with van der Waals surface area (Å²) in [6.45, 7) is 15.4. The molecule has 0 aliphatic heterocycles. The Kier molecular flexibility index (Phi) is 8.92. The summed E-state index contributed by atoms with van der Waals surface area (Å²) in [7, 11) is 2.04. The molecule has 2 aromatic heterocycles. The van der Waals surface area contributed by atoms with E-state index in [9.17, 15) is 5.11 Å². The van der Waals surface area contributed by atoms with E-state index in [-0.39, 0.29) is 37.6 Å². The van der Waals surface area contributed by atoms with Gasteiger partial charge < -0.3 is 9.67 Å². The van der Waals surface area contributed by atoms with Crippen molar-refractivity contribution in [1.82, 2.24) is 14.5 Å². The maximum absolute atomic E-state index is 11.1. The number of benzene rings is 5. The molecule has 0 amide bonds. The molecule has 0 saturated carbocycles. The molecule has 0 unspecified atom stereocenters. The topological polar surface area (TPSA) is 50.9 Å². The minimum Gasteiger partial charge on any atom is -0.507 e. The van der Waals surface area contributed by atoms with Crippen molar-refractivity contribution in [1.29, 1.82) is 0 Å². The maximum Gasteiger partial charge on any atom is 0.143 e. The number of fused-ring (bicyclic) bond motifs is 2. The zero-order valence-corrected chi connectivity index (χ0v) is 31.7. The molecule has 2 heterocycles. The summed E-state index contributed by atoms with van der Waals surface area (Å²) in [5.41, 5.74) is 13.2. The first-order chi connectivity index (χ1) is 22.8. The van der Waals surface area contributed by atoms with Gasteiger partial charge >= 0.3 is 0 Å². The van der Waals surface area contributed by atoms with Crippen LogP contribution in [0.15, 0.2) is 103 Å². The number of aromatic nitrogens is 3. The second kappa shape index (κ2) is 12.7. The van der Waals surface area contributed by atoms with Crippen molar-refractivity contribution in [2.75, 3.05) is 0 Å². The number of aryl methyl sites for hydroxylation is 2. The Bertz CT molecular complexity index is 2340. The number of phenols is 1. The second-order valence-corrected chi connectivity index (χ2v) is 15.1. The van der Waals surface area contributed by atoms with Gasteiger partial charge in [-0.2, -0.15) is 0 Å². The molecule has 4 nitrogen and oxygen atoms in total. The van der Waals surface area contributed by atoms with Crippen molar-refractivity contribution < 1.29 is 26.2 Å². The molecule has 0 spiro atoms. The number of pyridine rings is 1. The van der Waals surface area contributed by atoms with E-state index in [2.05, 4.69) is 132 Å². The smallest absolute Gasteiger partial charge is 0.143 e. The van der Waals surface area contributed by atoms with Crippen LogP contribution in [0.4, 0.5) is 0 Å². The summed E-state index contributed by atoms with van der Waals surface area (Å²) in [6.07, 6.45) is 1.87. The molecule has 0 fully saturated rings. The number of aromatic hydroxyl groups is 1. The Labute approximate surface area is 304 Å². The molecule has 0 saturated heterocycles. The zero-order chi connectivity index (χ0) is 34.0. The zero-order valence-electron chi connectivity index (χ0n) is 29.4. The van der Waals surface area contributed by atoms with E-state index in [1.807, 2.05) is 31.4 Å². The molecule has 7 aromatic rings. The van der Waals surface area contributed by atoms with Gasteiger partial charge in [0.25, 0.3) is 0 Å². The van der Waals surface area contributed by atoms with Crippen LogP contribution in [0, 0.1) is 13.0 Å². The second-order valence-electron chi connectivity index (χ2n) is 15.1. The Balaban J connectivity index is 0.00000417. The van der Waals surface area contributed by atoms with Gasteiger partial charge in [-0.3, -0.25) is 4.98 Å². The molecule has 0 radical (unpaired) electrons. The van der Waals surface area contributed by atoms with Crippen molar-refractivity contribution in [2.24, 2.45) is 7.05 Å². The first kappa shape index (κ1) is 34.3. The number of hydrogen-bond acceptors (Lipinski definition) is 3. The molecule has 5 aromatic carbocycles. The molecule has 250 valence electrons. The average molecular weight is 824 g/mol. The molecular weight excluding hydrogens is 782 g/mol. The number of imidazole rings is 1. The van der Waals surface area contributed by atoms with E-state index in [0.717, 1.165) is 77.8 Å². The standard InChI is InChI=1S/C44H42N3O.Pt/c1-27-19-31(21-32(20-27)36-26-34(44(5,6)7)22-29-15-12-18-45-40(29)36)35-23-30(28-13-10-9-11-14-28)24-38-41(35)46-42(47(38)8)37-25-33(43(2,3)4)16-17-39(37)48;/h9-20,22-26,48H,1-8H3;/q-1;. The minimum absolute atomic E-state index is 0. The van der Waals surface area contributed by atoms with Crippen LogP contribution < -0.4 is 0 Å². The quantitative estimate of drug-likeness (QED) is 0.180. The van der Waals surface area contributed by atoms with Gasteiger partial charge in [-0.05, 0) is 62.7 Å². The summed E-state index contributed by atoms with van der Waals surface area (Å²) in [5, 5.41) is 12.2. The molecule has 0 atom stereocenters. The molecule has 0 aliphatic rings. The van der Waals surface area contributed by atoms with Crippen LogP contribution in [0.2, 0.25) is 0 Å². The normalized spacial score (nSPS) is 12.0. The first-order valence-electron chi connectivity index (χ1n) is 16.6. The fourth-order valence-corrected chi connectivity index (χ4v) is 6.55. The SMILES string of the molecule is Cc1cc(-c2cc(C(C)(C)C)cc3cccnc23)[c-]c(-c2cc(-c3ccccc3)cc3c2nc(-c2cc(C(C)(C)C)ccc2O)n3C)c1.[Pt]. The van der Waals surface area contributed by atoms with Gasteiger partial charge in [-0.15, -0.1) is 34.9 Å². The van der Waals surface area contributed by atoms with Crippen molar-refractivity contribution in [3.8, 4) is 50.5 Å². The molecule has 49 heavy (non-hydrogen) atoms. The number of hydrogen-bond donors (Lipinski definition) is 1. The van der Waals surface area contributed by atoms with E-state index < -0.39 is 0 Å². The molecule has 5 heteroatoms. The van der Waals surface area contributed by atoms with Gasteiger partial charge in [0, 0.05) is 39.8 Å². The summed E-state index contributed by atoms with van der Waals surface area (Å²) < 4.78 is 2.10. The van der Waals surface area contributed by atoms with Crippen LogP contribution in [0.5, 0.6) is 5.75 Å². The Morgan fingerprint density at radius 3 is 1.98 bits per heavy atom. The maximum atomic E-state index is 11.1. The van der Waals surface area contributed by atoms with Crippen LogP contribution in [0.1, 0.15) is 58.2 Å². The van der Waals surface area contributed by atoms with Crippen LogP contribution in [0.25, 0.3) is 66.7 Å². The fraction of sp³-hybridized carbons (Fsp3) is 0.227. The largest absolute Gasteiger partial charge is 0.507 e. The van der Waals surface area contributed by atoms with E-state index in [4.69, 9.17) is 9.97 Å². The Morgan fingerprint density at radius 2 is 1.31 bits per heavy atom.